The van der Waals surface area contributed by atoms with Crippen molar-refractivity contribution >= 4 is 39.8 Å². The van der Waals surface area contributed by atoms with E-state index in [2.05, 4.69) is 41.3 Å². The van der Waals surface area contributed by atoms with Crippen molar-refractivity contribution in [2.75, 3.05) is 38.7 Å². The van der Waals surface area contributed by atoms with Gasteiger partial charge in [-0.25, -0.2) is 8.42 Å². The van der Waals surface area contributed by atoms with Gasteiger partial charge in [-0.05, 0) is 51.1 Å². The van der Waals surface area contributed by atoms with E-state index in [4.69, 9.17) is 0 Å². The molecule has 0 saturated carbocycles. The zero-order valence-electron chi connectivity index (χ0n) is 17.3. The SMILES string of the molecule is CN=C(NCC(C(C)C)N1CCC(C)CC1)NC(C)CCS(C)(=O)=O.I. The van der Waals surface area contributed by atoms with Gasteiger partial charge in [-0.3, -0.25) is 9.89 Å². The standard InChI is InChI=1S/C18H38N4O2S.HI/c1-14(2)17(22-10-7-15(3)8-11-22)13-20-18(19-5)21-16(4)9-12-25(6,23)24;/h14-17H,7-13H2,1-6H3,(H2,19,20,21);1H. The van der Waals surface area contributed by atoms with E-state index in [0.29, 0.717) is 18.4 Å². The van der Waals surface area contributed by atoms with Gasteiger partial charge in [0.05, 0.1) is 5.75 Å². The molecule has 0 aromatic rings. The molecular weight excluding hydrogens is 463 g/mol. The van der Waals surface area contributed by atoms with Crippen molar-refractivity contribution in [1.29, 1.82) is 0 Å². The fourth-order valence-electron chi connectivity index (χ4n) is 3.24. The summed E-state index contributed by atoms with van der Waals surface area (Å²) in [6, 6.07) is 0.548. The summed E-state index contributed by atoms with van der Waals surface area (Å²) >= 11 is 0. The number of hydrogen-bond donors (Lipinski definition) is 2. The van der Waals surface area contributed by atoms with Crippen molar-refractivity contribution < 1.29 is 8.42 Å². The van der Waals surface area contributed by atoms with Crippen LogP contribution >= 0.6 is 24.0 Å². The van der Waals surface area contributed by atoms with Gasteiger partial charge >= 0.3 is 0 Å². The van der Waals surface area contributed by atoms with Crippen LogP contribution in [0.25, 0.3) is 0 Å². The highest BCUT2D eigenvalue weighted by molar-refractivity contribution is 14.0. The number of hydrogen-bond acceptors (Lipinski definition) is 4. The van der Waals surface area contributed by atoms with Gasteiger partial charge in [0.2, 0.25) is 0 Å². The first kappa shape index (κ1) is 25.9. The van der Waals surface area contributed by atoms with Gasteiger partial charge in [0.1, 0.15) is 9.84 Å². The molecule has 0 amide bonds. The predicted octanol–water partition coefficient (Wildman–Crippen LogP) is 2.35. The molecule has 1 heterocycles. The highest BCUT2D eigenvalue weighted by atomic mass is 127. The van der Waals surface area contributed by atoms with Crippen LogP contribution in [-0.2, 0) is 9.84 Å². The molecule has 8 heteroatoms. The maximum Gasteiger partial charge on any atom is 0.191 e. The Morgan fingerprint density at radius 2 is 1.81 bits per heavy atom. The van der Waals surface area contributed by atoms with Gasteiger partial charge in [0.15, 0.2) is 5.96 Å². The number of piperidine rings is 1. The molecule has 0 aromatic heterocycles. The smallest absolute Gasteiger partial charge is 0.191 e. The Bertz CT molecular complexity index is 517. The molecule has 1 saturated heterocycles. The number of nitrogens with one attached hydrogen (secondary N) is 2. The largest absolute Gasteiger partial charge is 0.355 e. The van der Waals surface area contributed by atoms with Crippen LogP contribution in [0.1, 0.15) is 47.0 Å². The summed E-state index contributed by atoms with van der Waals surface area (Å²) in [5.41, 5.74) is 0. The van der Waals surface area contributed by atoms with Crippen LogP contribution in [0.3, 0.4) is 0 Å². The Morgan fingerprint density at radius 3 is 2.27 bits per heavy atom. The van der Waals surface area contributed by atoms with E-state index in [1.165, 1.54) is 32.2 Å². The molecule has 2 unspecified atom stereocenters. The van der Waals surface area contributed by atoms with Crippen molar-refractivity contribution in [1.82, 2.24) is 15.5 Å². The number of aliphatic imine (C=N–C) groups is 1. The Morgan fingerprint density at radius 1 is 1.23 bits per heavy atom. The number of rotatable bonds is 8. The molecule has 26 heavy (non-hydrogen) atoms. The third-order valence-corrected chi connectivity index (χ3v) is 6.04. The van der Waals surface area contributed by atoms with Gasteiger partial charge in [0.25, 0.3) is 0 Å². The number of halogens is 1. The number of nitrogens with zero attached hydrogens (tertiary/aromatic N) is 2. The van der Waals surface area contributed by atoms with Gasteiger partial charge in [0, 0.05) is 31.9 Å². The van der Waals surface area contributed by atoms with Crippen molar-refractivity contribution in [2.24, 2.45) is 16.8 Å². The minimum Gasteiger partial charge on any atom is -0.355 e. The van der Waals surface area contributed by atoms with E-state index in [9.17, 15) is 8.42 Å². The molecule has 0 spiro atoms. The highest BCUT2D eigenvalue weighted by Crippen LogP contribution is 2.21. The third-order valence-electron chi connectivity index (χ3n) is 5.06. The normalized spacial score (nSPS) is 19.7. The molecule has 0 aromatic carbocycles. The highest BCUT2D eigenvalue weighted by Gasteiger charge is 2.25. The third kappa shape index (κ3) is 10.3. The van der Waals surface area contributed by atoms with Crippen LogP contribution in [-0.4, -0.2) is 70.1 Å². The molecule has 0 bridgehead atoms. The zero-order valence-corrected chi connectivity index (χ0v) is 20.4. The fraction of sp³-hybridized carbons (Fsp3) is 0.944. The molecule has 0 radical (unpaired) electrons. The minimum absolute atomic E-state index is 0. The molecule has 1 aliphatic rings. The van der Waals surface area contributed by atoms with Gasteiger partial charge < -0.3 is 10.6 Å². The number of likely N-dealkylation sites (tertiary alicyclic amines) is 1. The Balaban J connectivity index is 0.00000625. The summed E-state index contributed by atoms with van der Waals surface area (Å²) < 4.78 is 22.6. The topological polar surface area (TPSA) is 73.8 Å². The molecule has 1 aliphatic heterocycles. The summed E-state index contributed by atoms with van der Waals surface area (Å²) in [6.45, 7) is 12.1. The van der Waals surface area contributed by atoms with Crippen LogP contribution in [0, 0.1) is 11.8 Å². The van der Waals surface area contributed by atoms with E-state index >= 15 is 0 Å². The molecule has 2 N–H and O–H groups in total. The first-order valence-electron chi connectivity index (χ1n) is 9.51. The van der Waals surface area contributed by atoms with Crippen molar-refractivity contribution in [2.45, 2.75) is 59.0 Å². The first-order chi connectivity index (χ1) is 11.6. The lowest BCUT2D eigenvalue weighted by Gasteiger charge is -2.39. The zero-order chi connectivity index (χ0) is 19.0. The van der Waals surface area contributed by atoms with E-state index < -0.39 is 9.84 Å². The molecule has 0 aliphatic carbocycles. The van der Waals surface area contributed by atoms with Crippen molar-refractivity contribution in [3.63, 3.8) is 0 Å². The quantitative estimate of drug-likeness (QED) is 0.303. The molecule has 6 nitrogen and oxygen atoms in total. The first-order valence-corrected chi connectivity index (χ1v) is 11.6. The summed E-state index contributed by atoms with van der Waals surface area (Å²) in [4.78, 5) is 6.88. The van der Waals surface area contributed by atoms with Gasteiger partial charge in [-0.15, -0.1) is 24.0 Å². The Kier molecular flexibility index (Phi) is 12.3. The maximum atomic E-state index is 11.3. The van der Waals surface area contributed by atoms with Crippen molar-refractivity contribution in [3.05, 3.63) is 0 Å². The summed E-state index contributed by atoms with van der Waals surface area (Å²) in [6.07, 6.45) is 4.41. The Hall–Kier alpha value is -0.0900. The second kappa shape index (κ2) is 12.4. The lowest BCUT2D eigenvalue weighted by Crippen LogP contribution is -2.52. The average Bonchev–Trinajstić information content (AvgIpc) is 2.52. The summed E-state index contributed by atoms with van der Waals surface area (Å²) in [5.74, 6) is 2.35. The summed E-state index contributed by atoms with van der Waals surface area (Å²) in [5, 5.41) is 6.73. The average molecular weight is 503 g/mol. The Labute approximate surface area is 177 Å². The second-order valence-electron chi connectivity index (χ2n) is 7.95. The van der Waals surface area contributed by atoms with Crippen molar-refractivity contribution in [3.8, 4) is 0 Å². The van der Waals surface area contributed by atoms with E-state index in [1.54, 1.807) is 7.05 Å². The number of sulfone groups is 1. The second-order valence-corrected chi connectivity index (χ2v) is 10.2. The van der Waals surface area contributed by atoms with E-state index in [-0.39, 0.29) is 35.8 Å². The molecule has 1 rings (SSSR count). The molecule has 156 valence electrons. The molecular formula is C18H39IN4O2S. The van der Waals surface area contributed by atoms with E-state index in [1.807, 2.05) is 6.92 Å². The van der Waals surface area contributed by atoms with Gasteiger partial charge in [-0.2, -0.15) is 0 Å². The van der Waals surface area contributed by atoms with Crippen LogP contribution in [0.15, 0.2) is 4.99 Å². The number of guanidine groups is 1. The predicted molar refractivity (Wildman–Crippen MR) is 122 cm³/mol. The van der Waals surface area contributed by atoms with Crippen LogP contribution in [0.2, 0.25) is 0 Å². The monoisotopic (exact) mass is 502 g/mol. The maximum absolute atomic E-state index is 11.3. The van der Waals surface area contributed by atoms with Crippen LogP contribution in [0.4, 0.5) is 0 Å². The lowest BCUT2D eigenvalue weighted by atomic mass is 9.94. The molecule has 1 fully saturated rings. The summed E-state index contributed by atoms with van der Waals surface area (Å²) in [7, 11) is -1.17. The van der Waals surface area contributed by atoms with Crippen LogP contribution < -0.4 is 10.6 Å². The molecule has 2 atom stereocenters. The van der Waals surface area contributed by atoms with Crippen LogP contribution in [0.5, 0.6) is 0 Å². The van der Waals surface area contributed by atoms with Gasteiger partial charge in [-0.1, -0.05) is 20.8 Å². The lowest BCUT2D eigenvalue weighted by molar-refractivity contribution is 0.110. The minimum atomic E-state index is -2.92. The fourth-order valence-corrected chi connectivity index (χ4v) is 4.02. The van der Waals surface area contributed by atoms with E-state index in [0.717, 1.165) is 18.4 Å².